The molecule has 1 N–H and O–H groups in total. The van der Waals surface area contributed by atoms with E-state index in [2.05, 4.69) is 5.32 Å². The standard InChI is InChI=1S/C21H17Cl2NO3/c22-16-12-15(13-17(23)14-16)21(25)24-19-8-4-5-9-20(19)27-11-10-26-18-6-2-1-3-7-18/h1-9,12-14H,10-11H2,(H,24,25). The summed E-state index contributed by atoms with van der Waals surface area (Å²) in [5, 5.41) is 3.61. The van der Waals surface area contributed by atoms with E-state index in [9.17, 15) is 4.79 Å². The van der Waals surface area contributed by atoms with Crippen molar-refractivity contribution in [3.05, 3.63) is 88.4 Å². The highest BCUT2D eigenvalue weighted by Gasteiger charge is 2.11. The Morgan fingerprint density at radius 2 is 1.44 bits per heavy atom. The number of hydrogen-bond donors (Lipinski definition) is 1. The molecule has 0 bridgehead atoms. The number of hydrogen-bond acceptors (Lipinski definition) is 3. The first-order chi connectivity index (χ1) is 13.1. The van der Waals surface area contributed by atoms with Gasteiger partial charge in [-0.05, 0) is 42.5 Å². The van der Waals surface area contributed by atoms with Crippen LogP contribution in [-0.2, 0) is 0 Å². The maximum absolute atomic E-state index is 12.5. The van der Waals surface area contributed by atoms with E-state index in [-0.39, 0.29) is 5.91 Å². The number of amides is 1. The predicted molar refractivity (Wildman–Crippen MR) is 108 cm³/mol. The van der Waals surface area contributed by atoms with Gasteiger partial charge < -0.3 is 14.8 Å². The van der Waals surface area contributed by atoms with Crippen LogP contribution >= 0.6 is 23.2 Å². The minimum atomic E-state index is -0.323. The van der Waals surface area contributed by atoms with E-state index in [0.29, 0.717) is 40.3 Å². The van der Waals surface area contributed by atoms with Crippen molar-refractivity contribution in [3.8, 4) is 11.5 Å². The molecule has 0 aliphatic carbocycles. The summed E-state index contributed by atoms with van der Waals surface area (Å²) in [4.78, 5) is 12.5. The lowest BCUT2D eigenvalue weighted by molar-refractivity contribution is 0.102. The maximum Gasteiger partial charge on any atom is 0.255 e. The highest BCUT2D eigenvalue weighted by Crippen LogP contribution is 2.25. The van der Waals surface area contributed by atoms with Crippen LogP contribution in [0.2, 0.25) is 10.0 Å². The average Bonchev–Trinajstić information content (AvgIpc) is 2.66. The molecule has 0 saturated heterocycles. The van der Waals surface area contributed by atoms with Crippen LogP contribution in [0.4, 0.5) is 5.69 Å². The molecule has 0 aliphatic rings. The van der Waals surface area contributed by atoms with Gasteiger partial charge in [-0.3, -0.25) is 4.79 Å². The molecule has 1 amide bonds. The molecule has 138 valence electrons. The van der Waals surface area contributed by atoms with Crippen molar-refractivity contribution in [1.29, 1.82) is 0 Å². The number of anilines is 1. The van der Waals surface area contributed by atoms with Crippen LogP contribution in [0.3, 0.4) is 0 Å². The molecule has 3 aromatic rings. The fourth-order valence-electron chi connectivity index (χ4n) is 2.40. The molecule has 0 heterocycles. The van der Waals surface area contributed by atoms with E-state index < -0.39 is 0 Å². The second-order valence-corrected chi connectivity index (χ2v) is 6.49. The topological polar surface area (TPSA) is 47.6 Å². The molecular formula is C21H17Cl2NO3. The molecule has 0 aliphatic heterocycles. The number of rotatable bonds is 7. The Balaban J connectivity index is 1.60. The summed E-state index contributed by atoms with van der Waals surface area (Å²) >= 11 is 11.9. The third kappa shape index (κ3) is 5.64. The van der Waals surface area contributed by atoms with Crippen molar-refractivity contribution in [3.63, 3.8) is 0 Å². The second kappa shape index (κ2) is 9.31. The van der Waals surface area contributed by atoms with Crippen molar-refractivity contribution in [1.82, 2.24) is 0 Å². The summed E-state index contributed by atoms with van der Waals surface area (Å²) in [6.45, 7) is 0.723. The lowest BCUT2D eigenvalue weighted by atomic mass is 10.2. The van der Waals surface area contributed by atoms with Gasteiger partial charge in [0, 0.05) is 15.6 Å². The number of ether oxygens (including phenoxy) is 2. The molecule has 0 saturated carbocycles. The van der Waals surface area contributed by atoms with E-state index in [1.807, 2.05) is 42.5 Å². The number of carbonyl (C=O) groups is 1. The number of halogens is 2. The Kier molecular flexibility index (Phi) is 6.58. The first kappa shape index (κ1) is 19.1. The summed E-state index contributed by atoms with van der Waals surface area (Å²) in [7, 11) is 0. The molecule has 0 spiro atoms. The minimum Gasteiger partial charge on any atom is -0.490 e. The van der Waals surface area contributed by atoms with Crippen molar-refractivity contribution >= 4 is 34.8 Å². The largest absolute Gasteiger partial charge is 0.490 e. The van der Waals surface area contributed by atoms with Crippen molar-refractivity contribution in [2.75, 3.05) is 18.5 Å². The zero-order valence-corrected chi connectivity index (χ0v) is 15.8. The fraction of sp³-hybridized carbons (Fsp3) is 0.0952. The maximum atomic E-state index is 12.5. The highest BCUT2D eigenvalue weighted by molar-refractivity contribution is 6.35. The summed E-state index contributed by atoms with van der Waals surface area (Å²) < 4.78 is 11.4. The van der Waals surface area contributed by atoms with Gasteiger partial charge in [-0.1, -0.05) is 53.5 Å². The highest BCUT2D eigenvalue weighted by atomic mass is 35.5. The monoisotopic (exact) mass is 401 g/mol. The van der Waals surface area contributed by atoms with Gasteiger partial charge in [-0.25, -0.2) is 0 Å². The fourth-order valence-corrected chi connectivity index (χ4v) is 2.93. The first-order valence-corrected chi connectivity index (χ1v) is 9.04. The van der Waals surface area contributed by atoms with Gasteiger partial charge in [0.25, 0.3) is 5.91 Å². The molecule has 0 fully saturated rings. The van der Waals surface area contributed by atoms with Gasteiger partial charge in [0.05, 0.1) is 5.69 Å². The van der Waals surface area contributed by atoms with Crippen LogP contribution < -0.4 is 14.8 Å². The van der Waals surface area contributed by atoms with E-state index in [4.69, 9.17) is 32.7 Å². The van der Waals surface area contributed by atoms with Gasteiger partial charge in [0.2, 0.25) is 0 Å². The van der Waals surface area contributed by atoms with Crippen molar-refractivity contribution in [2.45, 2.75) is 0 Å². The van der Waals surface area contributed by atoms with Crippen molar-refractivity contribution in [2.24, 2.45) is 0 Å². The molecule has 4 nitrogen and oxygen atoms in total. The van der Waals surface area contributed by atoms with Crippen LogP contribution in [-0.4, -0.2) is 19.1 Å². The van der Waals surface area contributed by atoms with E-state index >= 15 is 0 Å². The first-order valence-electron chi connectivity index (χ1n) is 8.29. The van der Waals surface area contributed by atoms with Gasteiger partial charge in [-0.2, -0.15) is 0 Å². The van der Waals surface area contributed by atoms with Crippen LogP contribution in [0.1, 0.15) is 10.4 Å². The summed E-state index contributed by atoms with van der Waals surface area (Å²) in [5.74, 6) is 1.01. The Bertz CT molecular complexity index is 896. The number of benzene rings is 3. The van der Waals surface area contributed by atoms with Gasteiger partial charge in [-0.15, -0.1) is 0 Å². The Hall–Kier alpha value is -2.69. The van der Waals surface area contributed by atoms with E-state index in [1.54, 1.807) is 30.3 Å². The third-order valence-electron chi connectivity index (χ3n) is 3.61. The quantitative estimate of drug-likeness (QED) is 0.516. The van der Waals surface area contributed by atoms with Crippen LogP contribution in [0.25, 0.3) is 0 Å². The number of carbonyl (C=O) groups excluding carboxylic acids is 1. The van der Waals surface area contributed by atoms with E-state index in [0.717, 1.165) is 5.75 Å². The summed E-state index contributed by atoms with van der Waals surface area (Å²) in [6.07, 6.45) is 0. The normalized spacial score (nSPS) is 10.3. The predicted octanol–water partition coefficient (Wildman–Crippen LogP) is 5.70. The average molecular weight is 402 g/mol. The number of para-hydroxylation sites is 3. The van der Waals surface area contributed by atoms with Gasteiger partial charge in [0.15, 0.2) is 0 Å². The van der Waals surface area contributed by atoms with Gasteiger partial charge in [0.1, 0.15) is 24.7 Å². The molecule has 3 rings (SSSR count). The molecule has 0 unspecified atom stereocenters. The second-order valence-electron chi connectivity index (χ2n) is 5.62. The lowest BCUT2D eigenvalue weighted by Gasteiger charge is -2.13. The minimum absolute atomic E-state index is 0.323. The zero-order valence-electron chi connectivity index (χ0n) is 14.3. The number of nitrogens with one attached hydrogen (secondary N) is 1. The Morgan fingerprint density at radius 3 is 2.19 bits per heavy atom. The van der Waals surface area contributed by atoms with Gasteiger partial charge >= 0.3 is 0 Å². The van der Waals surface area contributed by atoms with Crippen LogP contribution in [0.15, 0.2) is 72.8 Å². The molecule has 0 atom stereocenters. The van der Waals surface area contributed by atoms with Crippen molar-refractivity contribution < 1.29 is 14.3 Å². The van der Waals surface area contributed by atoms with Crippen LogP contribution in [0.5, 0.6) is 11.5 Å². The molecule has 6 heteroatoms. The summed E-state index contributed by atoms with van der Waals surface area (Å²) in [5.41, 5.74) is 0.924. The molecule has 0 radical (unpaired) electrons. The Labute approximate surface area is 167 Å². The molecule has 0 aromatic heterocycles. The summed E-state index contributed by atoms with van der Waals surface area (Å²) in [6, 6.07) is 21.4. The molecule has 3 aromatic carbocycles. The lowest BCUT2D eigenvalue weighted by Crippen LogP contribution is -2.14. The smallest absolute Gasteiger partial charge is 0.255 e. The third-order valence-corrected chi connectivity index (χ3v) is 4.05. The molecular weight excluding hydrogens is 385 g/mol. The molecule has 27 heavy (non-hydrogen) atoms. The van der Waals surface area contributed by atoms with E-state index in [1.165, 1.54) is 0 Å². The zero-order chi connectivity index (χ0) is 19.1. The SMILES string of the molecule is O=C(Nc1ccccc1OCCOc1ccccc1)c1cc(Cl)cc(Cl)c1. The Morgan fingerprint density at radius 1 is 0.815 bits per heavy atom. The van der Waals surface area contributed by atoms with Crippen LogP contribution in [0, 0.1) is 0 Å².